The van der Waals surface area contributed by atoms with Crippen LogP contribution in [0.25, 0.3) is 0 Å². The van der Waals surface area contributed by atoms with Gasteiger partial charge < -0.3 is 9.80 Å². The lowest BCUT2D eigenvalue weighted by Crippen LogP contribution is -2.34. The molecule has 4 heterocycles. The average molecular weight is 340 g/mol. The van der Waals surface area contributed by atoms with Crippen molar-refractivity contribution >= 4 is 11.9 Å². The Bertz CT molecular complexity index is 776. The molecule has 2 aliphatic rings. The second-order valence-electron chi connectivity index (χ2n) is 6.81. The van der Waals surface area contributed by atoms with E-state index in [0.29, 0.717) is 12.2 Å². The van der Waals surface area contributed by atoms with Crippen molar-refractivity contribution in [2.45, 2.75) is 39.2 Å². The summed E-state index contributed by atoms with van der Waals surface area (Å²) in [5.74, 6) is 0.836. The van der Waals surface area contributed by atoms with E-state index >= 15 is 0 Å². The van der Waals surface area contributed by atoms with Crippen molar-refractivity contribution in [2.24, 2.45) is 7.05 Å². The smallest absolute Gasteiger partial charge is 0.274 e. The lowest BCUT2D eigenvalue weighted by atomic mass is 10.0. The Kier molecular flexibility index (Phi) is 4.15. The number of fused-ring (bicyclic) bond motifs is 1. The second-order valence-corrected chi connectivity index (χ2v) is 6.81. The fourth-order valence-corrected chi connectivity index (χ4v) is 3.68. The Labute approximate surface area is 147 Å². The Morgan fingerprint density at radius 2 is 1.88 bits per heavy atom. The third kappa shape index (κ3) is 2.88. The number of anilines is 1. The van der Waals surface area contributed by atoms with Crippen molar-refractivity contribution in [3.05, 3.63) is 34.9 Å². The molecular formula is C18H24N6O. The van der Waals surface area contributed by atoms with E-state index < -0.39 is 0 Å². The number of hydrogen-bond acceptors (Lipinski definition) is 5. The third-order valence-corrected chi connectivity index (χ3v) is 5.23. The number of amides is 1. The molecule has 0 radical (unpaired) electrons. The van der Waals surface area contributed by atoms with Gasteiger partial charge in [0.1, 0.15) is 0 Å². The normalized spacial score (nSPS) is 17.0. The number of nitrogens with zero attached hydrogens (tertiary/aromatic N) is 6. The Morgan fingerprint density at radius 3 is 2.56 bits per heavy atom. The monoisotopic (exact) mass is 340 g/mol. The Hall–Kier alpha value is -2.44. The summed E-state index contributed by atoms with van der Waals surface area (Å²) in [6.07, 6.45) is 7.72. The molecule has 0 spiro atoms. The number of carbonyl (C=O) groups excluding carboxylic acids is 1. The van der Waals surface area contributed by atoms with Gasteiger partial charge in [0, 0.05) is 44.6 Å². The zero-order chi connectivity index (χ0) is 17.4. The molecule has 2 aromatic heterocycles. The quantitative estimate of drug-likeness (QED) is 0.848. The summed E-state index contributed by atoms with van der Waals surface area (Å²) in [4.78, 5) is 25.8. The van der Waals surface area contributed by atoms with Crippen LogP contribution in [0.2, 0.25) is 0 Å². The molecule has 0 aliphatic carbocycles. The fourth-order valence-electron chi connectivity index (χ4n) is 3.68. The molecule has 0 unspecified atom stereocenters. The molecule has 25 heavy (non-hydrogen) atoms. The third-order valence-electron chi connectivity index (χ3n) is 5.23. The van der Waals surface area contributed by atoms with E-state index in [1.165, 1.54) is 0 Å². The van der Waals surface area contributed by atoms with Gasteiger partial charge in [0.15, 0.2) is 5.69 Å². The molecule has 4 rings (SSSR count). The largest absolute Gasteiger partial charge is 0.337 e. The van der Waals surface area contributed by atoms with Crippen LogP contribution in [0.1, 0.15) is 47.1 Å². The van der Waals surface area contributed by atoms with E-state index in [4.69, 9.17) is 0 Å². The van der Waals surface area contributed by atoms with Crippen LogP contribution in [0.15, 0.2) is 12.4 Å². The molecule has 2 aliphatic heterocycles. The molecule has 0 atom stereocenters. The van der Waals surface area contributed by atoms with Crippen LogP contribution in [-0.2, 0) is 26.4 Å². The number of aryl methyl sites for hydroxylation is 2. The van der Waals surface area contributed by atoms with E-state index in [1.54, 1.807) is 0 Å². The van der Waals surface area contributed by atoms with Crippen LogP contribution in [0, 0.1) is 0 Å². The first-order valence-electron chi connectivity index (χ1n) is 9.07. The highest BCUT2D eigenvalue weighted by Gasteiger charge is 2.30. The first-order chi connectivity index (χ1) is 12.2. The van der Waals surface area contributed by atoms with Crippen molar-refractivity contribution in [1.29, 1.82) is 0 Å². The number of likely N-dealkylation sites (tertiary alicyclic amines) is 1. The van der Waals surface area contributed by atoms with Crippen LogP contribution in [0.4, 0.5) is 5.95 Å². The Morgan fingerprint density at radius 1 is 1.16 bits per heavy atom. The SMILES string of the molecule is CCc1cnc(N2CCc3c(C(=O)N4CCCC4)nn(C)c3C2)nc1. The highest BCUT2D eigenvalue weighted by molar-refractivity contribution is 5.94. The summed E-state index contributed by atoms with van der Waals surface area (Å²) >= 11 is 0. The second kappa shape index (κ2) is 6.46. The van der Waals surface area contributed by atoms with Gasteiger partial charge in [-0.25, -0.2) is 9.97 Å². The number of aromatic nitrogens is 4. The van der Waals surface area contributed by atoms with Gasteiger partial charge in [-0.05, 0) is 31.2 Å². The molecule has 0 bridgehead atoms. The first kappa shape index (κ1) is 16.1. The van der Waals surface area contributed by atoms with Gasteiger partial charge in [-0.1, -0.05) is 6.92 Å². The summed E-state index contributed by atoms with van der Waals surface area (Å²) in [5.41, 5.74) is 3.97. The summed E-state index contributed by atoms with van der Waals surface area (Å²) in [6.45, 7) is 5.31. The molecule has 1 amide bonds. The van der Waals surface area contributed by atoms with Gasteiger partial charge in [0.25, 0.3) is 5.91 Å². The Balaban J connectivity index is 1.58. The molecule has 132 valence electrons. The van der Waals surface area contributed by atoms with Crippen LogP contribution in [-0.4, -0.2) is 50.2 Å². The number of rotatable bonds is 3. The minimum absolute atomic E-state index is 0.0892. The zero-order valence-corrected chi connectivity index (χ0v) is 14.9. The molecule has 0 aromatic carbocycles. The van der Waals surface area contributed by atoms with Crippen LogP contribution >= 0.6 is 0 Å². The molecule has 2 aromatic rings. The summed E-state index contributed by atoms with van der Waals surface area (Å²) in [7, 11) is 1.92. The lowest BCUT2D eigenvalue weighted by Gasteiger charge is -2.27. The van der Waals surface area contributed by atoms with Crippen LogP contribution < -0.4 is 4.90 Å². The predicted octanol–water partition coefficient (Wildman–Crippen LogP) is 1.57. The van der Waals surface area contributed by atoms with Gasteiger partial charge in [-0.15, -0.1) is 0 Å². The van der Waals surface area contributed by atoms with Crippen LogP contribution in [0.5, 0.6) is 0 Å². The standard InChI is InChI=1S/C18H24N6O/c1-3-13-10-19-18(20-11-13)24-9-6-14-15(12-24)22(2)21-16(14)17(25)23-7-4-5-8-23/h10-11H,3-9,12H2,1-2H3. The van der Waals surface area contributed by atoms with Crippen molar-refractivity contribution in [2.75, 3.05) is 24.5 Å². The minimum Gasteiger partial charge on any atom is -0.337 e. The summed E-state index contributed by atoms with van der Waals surface area (Å²) in [5, 5.41) is 4.55. The van der Waals surface area contributed by atoms with E-state index in [0.717, 1.165) is 68.1 Å². The predicted molar refractivity (Wildman–Crippen MR) is 94.5 cm³/mol. The molecule has 0 N–H and O–H groups in total. The first-order valence-corrected chi connectivity index (χ1v) is 9.07. The maximum atomic E-state index is 12.8. The molecule has 0 saturated carbocycles. The van der Waals surface area contributed by atoms with E-state index in [9.17, 15) is 4.79 Å². The average Bonchev–Trinajstić information content (AvgIpc) is 3.30. The van der Waals surface area contributed by atoms with Crippen molar-refractivity contribution in [3.63, 3.8) is 0 Å². The molecule has 7 nitrogen and oxygen atoms in total. The molecule has 7 heteroatoms. The fraction of sp³-hybridized carbons (Fsp3) is 0.556. The summed E-state index contributed by atoms with van der Waals surface area (Å²) in [6, 6.07) is 0. The van der Waals surface area contributed by atoms with Gasteiger partial charge >= 0.3 is 0 Å². The maximum absolute atomic E-state index is 12.8. The lowest BCUT2D eigenvalue weighted by molar-refractivity contribution is 0.0785. The summed E-state index contributed by atoms with van der Waals surface area (Å²) < 4.78 is 1.85. The maximum Gasteiger partial charge on any atom is 0.274 e. The minimum atomic E-state index is 0.0892. The van der Waals surface area contributed by atoms with Gasteiger partial charge in [-0.2, -0.15) is 5.10 Å². The molecule has 1 fully saturated rings. The van der Waals surface area contributed by atoms with E-state index in [1.807, 2.05) is 29.0 Å². The van der Waals surface area contributed by atoms with E-state index in [2.05, 4.69) is 26.9 Å². The topological polar surface area (TPSA) is 67.2 Å². The molecular weight excluding hydrogens is 316 g/mol. The van der Waals surface area contributed by atoms with Crippen molar-refractivity contribution < 1.29 is 4.79 Å². The van der Waals surface area contributed by atoms with Crippen LogP contribution in [0.3, 0.4) is 0 Å². The van der Waals surface area contributed by atoms with Crippen molar-refractivity contribution in [1.82, 2.24) is 24.6 Å². The van der Waals surface area contributed by atoms with Gasteiger partial charge in [-0.3, -0.25) is 9.48 Å². The number of carbonyl (C=O) groups is 1. The van der Waals surface area contributed by atoms with Crippen molar-refractivity contribution in [3.8, 4) is 0 Å². The zero-order valence-electron chi connectivity index (χ0n) is 14.9. The number of hydrogen-bond donors (Lipinski definition) is 0. The van der Waals surface area contributed by atoms with Gasteiger partial charge in [0.05, 0.1) is 12.2 Å². The molecule has 1 saturated heterocycles. The highest BCUT2D eigenvalue weighted by Crippen LogP contribution is 2.26. The van der Waals surface area contributed by atoms with E-state index in [-0.39, 0.29) is 5.91 Å². The van der Waals surface area contributed by atoms with Gasteiger partial charge in [0.2, 0.25) is 5.95 Å². The highest BCUT2D eigenvalue weighted by atomic mass is 16.2.